The van der Waals surface area contributed by atoms with Gasteiger partial charge in [0, 0.05) is 35.0 Å². The number of nitrogens with zero attached hydrogens (tertiary/aromatic N) is 2. The number of hydrogen-bond acceptors (Lipinski definition) is 4. The van der Waals surface area contributed by atoms with E-state index in [1.807, 2.05) is 0 Å². The molecule has 0 atom stereocenters. The van der Waals surface area contributed by atoms with Gasteiger partial charge in [0.15, 0.2) is 5.82 Å². The van der Waals surface area contributed by atoms with Crippen molar-refractivity contribution in [2.24, 2.45) is 0 Å². The van der Waals surface area contributed by atoms with Crippen LogP contribution in [0.15, 0.2) is 35.2 Å². The number of pyridine rings is 2. The van der Waals surface area contributed by atoms with E-state index in [1.54, 1.807) is 24.5 Å². The molecule has 104 valence electrons. The average Bonchev–Trinajstić information content (AvgIpc) is 3.24. The summed E-state index contributed by atoms with van der Waals surface area (Å²) in [7, 11) is 0. The van der Waals surface area contributed by atoms with Gasteiger partial charge in [-0.25, -0.2) is 9.37 Å². The summed E-state index contributed by atoms with van der Waals surface area (Å²) in [5.74, 6) is -0.0151. The molecule has 0 bridgehead atoms. The molecule has 1 aliphatic rings. The molecule has 0 aromatic carbocycles. The van der Waals surface area contributed by atoms with Crippen molar-refractivity contribution in [3.8, 4) is 11.6 Å². The van der Waals surface area contributed by atoms with E-state index in [9.17, 15) is 4.39 Å². The van der Waals surface area contributed by atoms with Gasteiger partial charge in [-0.1, -0.05) is 0 Å². The van der Waals surface area contributed by atoms with Crippen LogP contribution < -0.4 is 10.1 Å². The lowest BCUT2D eigenvalue weighted by Gasteiger charge is -2.09. The molecule has 0 amide bonds. The van der Waals surface area contributed by atoms with E-state index < -0.39 is 5.82 Å². The Morgan fingerprint density at radius 1 is 1.40 bits per heavy atom. The molecular formula is C14H13BrFN3O. The Kier molecular flexibility index (Phi) is 3.93. The predicted octanol–water partition coefficient (Wildman–Crippen LogP) is 3.42. The molecule has 1 N–H and O–H groups in total. The highest BCUT2D eigenvalue weighted by atomic mass is 79.9. The molecule has 0 spiro atoms. The molecule has 1 saturated carbocycles. The van der Waals surface area contributed by atoms with Crippen LogP contribution in [0, 0.1) is 5.82 Å². The molecule has 6 heteroatoms. The van der Waals surface area contributed by atoms with Crippen molar-refractivity contribution >= 4 is 15.9 Å². The van der Waals surface area contributed by atoms with Gasteiger partial charge in [0.25, 0.3) is 5.88 Å². The summed E-state index contributed by atoms with van der Waals surface area (Å²) in [6.45, 7) is 0.492. The van der Waals surface area contributed by atoms with Crippen LogP contribution in [-0.4, -0.2) is 16.0 Å². The van der Waals surface area contributed by atoms with Crippen molar-refractivity contribution in [2.75, 3.05) is 0 Å². The summed E-state index contributed by atoms with van der Waals surface area (Å²) in [5.41, 5.74) is 0.560. The van der Waals surface area contributed by atoms with Crippen molar-refractivity contribution in [1.82, 2.24) is 15.3 Å². The lowest BCUT2D eigenvalue weighted by molar-refractivity contribution is 0.415. The van der Waals surface area contributed by atoms with Crippen LogP contribution >= 0.6 is 15.9 Å². The topological polar surface area (TPSA) is 47.0 Å². The number of rotatable bonds is 5. The van der Waals surface area contributed by atoms with Crippen molar-refractivity contribution in [2.45, 2.75) is 25.4 Å². The Balaban J connectivity index is 1.76. The first-order chi connectivity index (χ1) is 9.72. The average molecular weight is 338 g/mol. The largest absolute Gasteiger partial charge is 0.435 e. The van der Waals surface area contributed by atoms with Gasteiger partial charge in [0.05, 0.1) is 6.20 Å². The molecule has 1 aliphatic carbocycles. The molecule has 0 radical (unpaired) electrons. The summed E-state index contributed by atoms with van der Waals surface area (Å²) >= 11 is 3.29. The summed E-state index contributed by atoms with van der Waals surface area (Å²) in [6.07, 6.45) is 7.03. The molecule has 3 rings (SSSR count). The fourth-order valence-electron chi connectivity index (χ4n) is 1.77. The predicted molar refractivity (Wildman–Crippen MR) is 76.1 cm³/mol. The van der Waals surface area contributed by atoms with Crippen molar-refractivity contribution < 1.29 is 9.13 Å². The molecular weight excluding hydrogens is 325 g/mol. The van der Waals surface area contributed by atoms with Gasteiger partial charge in [0.1, 0.15) is 5.75 Å². The molecule has 0 aliphatic heterocycles. The highest BCUT2D eigenvalue weighted by Crippen LogP contribution is 2.26. The van der Waals surface area contributed by atoms with Crippen molar-refractivity contribution in [3.63, 3.8) is 0 Å². The third kappa shape index (κ3) is 3.32. The van der Waals surface area contributed by atoms with Gasteiger partial charge in [-0.3, -0.25) is 4.98 Å². The number of aromatic nitrogens is 2. The van der Waals surface area contributed by atoms with Crippen LogP contribution in [0.5, 0.6) is 11.6 Å². The molecule has 0 unspecified atom stereocenters. The van der Waals surface area contributed by atoms with Gasteiger partial charge in [-0.2, -0.15) is 0 Å². The zero-order valence-electron chi connectivity index (χ0n) is 10.6. The molecule has 2 heterocycles. The molecule has 2 aromatic heterocycles. The highest BCUT2D eigenvalue weighted by Gasteiger charge is 2.21. The molecule has 0 saturated heterocycles. The Morgan fingerprint density at radius 3 is 3.00 bits per heavy atom. The highest BCUT2D eigenvalue weighted by molar-refractivity contribution is 9.10. The van der Waals surface area contributed by atoms with Crippen LogP contribution in [0.3, 0.4) is 0 Å². The first kappa shape index (κ1) is 13.5. The number of hydrogen-bond donors (Lipinski definition) is 1. The Bertz CT molecular complexity index is 619. The fourth-order valence-corrected chi connectivity index (χ4v) is 2.12. The van der Waals surface area contributed by atoms with Gasteiger partial charge in [0.2, 0.25) is 0 Å². The Hall–Kier alpha value is -1.53. The van der Waals surface area contributed by atoms with E-state index in [4.69, 9.17) is 4.74 Å². The minimum absolute atomic E-state index is 0.0278. The zero-order chi connectivity index (χ0) is 13.9. The number of halogens is 2. The summed E-state index contributed by atoms with van der Waals surface area (Å²) in [4.78, 5) is 7.90. The van der Waals surface area contributed by atoms with Gasteiger partial charge >= 0.3 is 0 Å². The lowest BCUT2D eigenvalue weighted by Crippen LogP contribution is -2.16. The van der Waals surface area contributed by atoms with Crippen molar-refractivity contribution in [1.29, 1.82) is 0 Å². The second kappa shape index (κ2) is 5.85. The molecule has 2 aromatic rings. The minimum atomic E-state index is -0.430. The van der Waals surface area contributed by atoms with E-state index in [0.717, 1.165) is 4.47 Å². The van der Waals surface area contributed by atoms with Crippen molar-refractivity contribution in [3.05, 3.63) is 46.6 Å². The maximum absolute atomic E-state index is 14.3. The Labute approximate surface area is 124 Å². The van der Waals surface area contributed by atoms with E-state index in [1.165, 1.54) is 19.0 Å². The van der Waals surface area contributed by atoms with E-state index in [2.05, 4.69) is 31.2 Å². The summed E-state index contributed by atoms with van der Waals surface area (Å²) in [5, 5.41) is 3.27. The normalized spacial score (nSPS) is 14.3. The van der Waals surface area contributed by atoms with E-state index in [-0.39, 0.29) is 5.88 Å². The third-order valence-corrected chi connectivity index (χ3v) is 3.42. The van der Waals surface area contributed by atoms with E-state index >= 15 is 0 Å². The van der Waals surface area contributed by atoms with Crippen LogP contribution in [0.4, 0.5) is 4.39 Å². The van der Waals surface area contributed by atoms with Crippen LogP contribution in [-0.2, 0) is 6.54 Å². The third-order valence-electron chi connectivity index (χ3n) is 2.99. The van der Waals surface area contributed by atoms with Crippen LogP contribution in [0.1, 0.15) is 18.4 Å². The first-order valence-corrected chi connectivity index (χ1v) is 7.17. The monoisotopic (exact) mass is 337 g/mol. The quantitative estimate of drug-likeness (QED) is 0.908. The summed E-state index contributed by atoms with van der Waals surface area (Å²) < 4.78 is 20.5. The second-order valence-corrected chi connectivity index (χ2v) is 5.60. The lowest BCUT2D eigenvalue weighted by atomic mass is 10.2. The number of ether oxygens (including phenoxy) is 1. The Morgan fingerprint density at radius 2 is 2.25 bits per heavy atom. The first-order valence-electron chi connectivity index (χ1n) is 6.37. The molecule has 20 heavy (non-hydrogen) atoms. The second-order valence-electron chi connectivity index (χ2n) is 4.69. The van der Waals surface area contributed by atoms with Gasteiger partial charge < -0.3 is 10.1 Å². The van der Waals surface area contributed by atoms with Crippen LogP contribution in [0.2, 0.25) is 0 Å². The SMILES string of the molecule is Fc1c(CNC2CC2)ccnc1Oc1cncc(Br)c1. The van der Waals surface area contributed by atoms with Gasteiger partial charge in [-0.15, -0.1) is 0 Å². The maximum Gasteiger partial charge on any atom is 0.256 e. The smallest absolute Gasteiger partial charge is 0.256 e. The van der Waals surface area contributed by atoms with E-state index in [0.29, 0.717) is 23.9 Å². The molecule has 4 nitrogen and oxygen atoms in total. The minimum Gasteiger partial charge on any atom is -0.435 e. The zero-order valence-corrected chi connectivity index (χ0v) is 12.2. The van der Waals surface area contributed by atoms with Gasteiger partial charge in [-0.05, 0) is 40.9 Å². The standard InChI is InChI=1S/C14H13BrFN3O/c15-10-5-12(8-17-7-10)20-14-13(16)9(3-4-18-14)6-19-11-1-2-11/h3-5,7-8,11,19H,1-2,6H2. The fraction of sp³-hybridized carbons (Fsp3) is 0.286. The summed E-state index contributed by atoms with van der Waals surface area (Å²) in [6, 6.07) is 3.90. The maximum atomic E-state index is 14.3. The van der Waals surface area contributed by atoms with Crippen LogP contribution in [0.25, 0.3) is 0 Å². The molecule has 1 fully saturated rings. The number of nitrogens with one attached hydrogen (secondary N) is 1.